The number of thioether (sulfide) groups is 1. The summed E-state index contributed by atoms with van der Waals surface area (Å²) in [6, 6.07) is -1.05. The molecule has 0 aromatic heterocycles. The second-order valence-electron chi connectivity index (χ2n) is 11.4. The van der Waals surface area contributed by atoms with Gasteiger partial charge < -0.3 is 14.6 Å². The summed E-state index contributed by atoms with van der Waals surface area (Å²) < 4.78 is 57.8. The van der Waals surface area contributed by atoms with E-state index in [1.807, 2.05) is 0 Å². The van der Waals surface area contributed by atoms with Gasteiger partial charge in [0, 0.05) is 29.1 Å². The van der Waals surface area contributed by atoms with Crippen molar-refractivity contribution in [2.75, 3.05) is 12.6 Å². The van der Waals surface area contributed by atoms with Crippen molar-refractivity contribution in [1.82, 2.24) is 0 Å². The van der Waals surface area contributed by atoms with Crippen molar-refractivity contribution >= 4 is 28.6 Å². The highest BCUT2D eigenvalue weighted by atomic mass is 32.2. The smallest absolute Gasteiger partial charge is 0.374 e. The van der Waals surface area contributed by atoms with Crippen LogP contribution in [0.4, 0.5) is 13.2 Å². The van der Waals surface area contributed by atoms with Gasteiger partial charge in [-0.15, -0.1) is 0 Å². The van der Waals surface area contributed by atoms with E-state index < -0.39 is 75.0 Å². The summed E-state index contributed by atoms with van der Waals surface area (Å²) in [6.45, 7) is 5.12. The molecule has 0 amide bonds. The lowest BCUT2D eigenvalue weighted by molar-refractivity contribution is -0.228. The summed E-state index contributed by atoms with van der Waals surface area (Å²) in [5, 5.41) is 10.8. The number of halogens is 3. The van der Waals surface area contributed by atoms with Crippen molar-refractivity contribution < 1.29 is 42.1 Å². The molecule has 1 heterocycles. The first kappa shape index (κ1) is 26.5. The molecule has 6 nitrogen and oxygen atoms in total. The Hall–Kier alpha value is -2.07. The number of aliphatic hydroxyl groups is 1. The van der Waals surface area contributed by atoms with E-state index in [-0.39, 0.29) is 37.2 Å². The van der Waals surface area contributed by atoms with Crippen LogP contribution in [0.1, 0.15) is 46.5 Å². The van der Waals surface area contributed by atoms with Gasteiger partial charge in [0.15, 0.2) is 17.1 Å². The van der Waals surface area contributed by atoms with Crippen LogP contribution in [0.5, 0.6) is 0 Å². The molecule has 37 heavy (non-hydrogen) atoms. The fourth-order valence-electron chi connectivity index (χ4n) is 8.13. The molecular formula is C27H31F3O6S. The molecule has 0 unspecified atom stereocenters. The number of esters is 1. The predicted octanol–water partition coefficient (Wildman–Crippen LogP) is 4.32. The van der Waals surface area contributed by atoms with Gasteiger partial charge >= 0.3 is 5.97 Å². The Bertz CT molecular complexity index is 1140. The van der Waals surface area contributed by atoms with Crippen molar-refractivity contribution in [1.29, 1.82) is 0 Å². The van der Waals surface area contributed by atoms with Crippen molar-refractivity contribution in [3.05, 3.63) is 35.6 Å². The predicted molar refractivity (Wildman–Crippen MR) is 129 cm³/mol. The Kier molecular flexibility index (Phi) is 6.26. The first-order chi connectivity index (χ1) is 17.4. The Labute approximate surface area is 217 Å². The number of carbonyl (C=O) groups is 3. The third kappa shape index (κ3) is 3.33. The average Bonchev–Trinajstić information content (AvgIpc) is 3.45. The maximum absolute atomic E-state index is 17.4. The number of hydrogen-bond donors (Lipinski definition) is 1. The molecule has 1 N–H and O–H groups in total. The number of hydrogen-bond acceptors (Lipinski definition) is 7. The summed E-state index contributed by atoms with van der Waals surface area (Å²) in [6.07, 6.45) is 2.01. The quantitative estimate of drug-likeness (QED) is 0.531. The van der Waals surface area contributed by atoms with Crippen LogP contribution < -0.4 is 0 Å². The first-order valence-electron chi connectivity index (χ1n) is 12.6. The van der Waals surface area contributed by atoms with Gasteiger partial charge in [-0.3, -0.25) is 9.59 Å². The highest BCUT2D eigenvalue weighted by Gasteiger charge is 2.78. The average molecular weight is 541 g/mol. The molecule has 0 saturated heterocycles. The van der Waals surface area contributed by atoms with E-state index in [1.54, 1.807) is 19.9 Å². The third-order valence-corrected chi connectivity index (χ3v) is 10.5. The number of ketones is 1. The normalized spacial score (nSPS) is 46.2. The molecule has 0 radical (unpaired) electrons. The van der Waals surface area contributed by atoms with Crippen LogP contribution in [0.15, 0.2) is 35.6 Å². The van der Waals surface area contributed by atoms with E-state index >= 15 is 8.78 Å². The highest BCUT2D eigenvalue weighted by molar-refractivity contribution is 8.13. The topological polar surface area (TPSA) is 89.9 Å². The fourth-order valence-corrected chi connectivity index (χ4v) is 8.92. The summed E-state index contributed by atoms with van der Waals surface area (Å²) in [7, 11) is 0. The van der Waals surface area contributed by atoms with E-state index in [9.17, 15) is 23.9 Å². The Morgan fingerprint density at radius 2 is 2.00 bits per heavy atom. The second kappa shape index (κ2) is 8.73. The molecule has 5 aliphatic rings. The second-order valence-corrected chi connectivity index (χ2v) is 12.2. The van der Waals surface area contributed by atoms with E-state index in [0.29, 0.717) is 18.2 Å². The van der Waals surface area contributed by atoms with Gasteiger partial charge in [0.1, 0.15) is 12.2 Å². The van der Waals surface area contributed by atoms with Gasteiger partial charge in [-0.05, 0) is 67.7 Å². The number of alkyl halides is 3. The van der Waals surface area contributed by atoms with E-state index in [2.05, 4.69) is 0 Å². The number of allylic oxidation sites excluding steroid dienone is 4. The van der Waals surface area contributed by atoms with Crippen LogP contribution in [0, 0.1) is 28.6 Å². The Morgan fingerprint density at radius 3 is 2.65 bits per heavy atom. The molecular weight excluding hydrogens is 509 g/mol. The van der Waals surface area contributed by atoms with Crippen molar-refractivity contribution in [2.24, 2.45) is 28.6 Å². The molecule has 4 aliphatic carbocycles. The van der Waals surface area contributed by atoms with E-state index in [4.69, 9.17) is 9.47 Å². The SMILES string of the molecule is C[C@@H]1C[C@H]2[C@@H]3C[C@H](F)C4=CC(=O)C=C[C@]4(C)[C@@]3(F)[C@@H](O)C[C@]2(C)[C@@]1(OC(=O)C1=CCCO1)C(=O)SCF. The fraction of sp³-hybridized carbons (Fsp3) is 0.667. The van der Waals surface area contributed by atoms with Gasteiger partial charge in [0.25, 0.3) is 0 Å². The molecule has 3 saturated carbocycles. The molecule has 1 aliphatic heterocycles. The molecule has 0 spiro atoms. The third-order valence-electron chi connectivity index (χ3n) is 9.82. The van der Waals surface area contributed by atoms with Crippen LogP contribution in [-0.2, 0) is 23.9 Å². The summed E-state index contributed by atoms with van der Waals surface area (Å²) >= 11 is 0.368. The van der Waals surface area contributed by atoms with Crippen molar-refractivity contribution in [3.63, 3.8) is 0 Å². The highest BCUT2D eigenvalue weighted by Crippen LogP contribution is 2.72. The van der Waals surface area contributed by atoms with Crippen LogP contribution >= 0.6 is 11.8 Å². The molecule has 9 atom stereocenters. The number of fused-ring (bicyclic) bond motifs is 5. The number of aliphatic hydroxyl groups excluding tert-OH is 1. The van der Waals surface area contributed by atoms with Gasteiger partial charge in [0.2, 0.25) is 10.9 Å². The number of ether oxygens (including phenoxy) is 2. The van der Waals surface area contributed by atoms with Crippen molar-refractivity contribution in [3.8, 4) is 0 Å². The summed E-state index contributed by atoms with van der Waals surface area (Å²) in [5.74, 6) is -3.75. The number of carbonyl (C=O) groups excluding carboxylic acids is 3. The van der Waals surface area contributed by atoms with Gasteiger partial charge in [-0.1, -0.05) is 19.9 Å². The van der Waals surface area contributed by atoms with E-state index in [1.165, 1.54) is 19.1 Å². The van der Waals surface area contributed by atoms with E-state index in [0.717, 1.165) is 6.08 Å². The monoisotopic (exact) mass is 540 g/mol. The minimum absolute atomic E-state index is 0.000444. The minimum Gasteiger partial charge on any atom is -0.486 e. The maximum atomic E-state index is 17.4. The molecule has 10 heteroatoms. The Morgan fingerprint density at radius 1 is 1.27 bits per heavy atom. The first-order valence-corrected chi connectivity index (χ1v) is 13.6. The molecule has 0 bridgehead atoms. The van der Waals surface area contributed by atoms with Crippen molar-refractivity contribution in [2.45, 2.75) is 70.0 Å². The summed E-state index contributed by atoms with van der Waals surface area (Å²) in [5.41, 5.74) is -7.11. The largest absolute Gasteiger partial charge is 0.486 e. The standard InChI is InChI=1S/C27H31F3O6S/c1-14-9-16-17-11-19(29)18-10-15(31)6-7-24(18,2)26(17,30)21(32)12-25(16,3)27(14,23(34)37-13-28)36-22(33)20-5-4-8-35-20/h5-7,10,14,16-17,19,21,32H,4,8-9,11-13H2,1-3H3/t14-,16+,17+,19+,21+,24+,25+,26+,27+/m1/s1. The van der Waals surface area contributed by atoms with Gasteiger partial charge in [-0.25, -0.2) is 18.0 Å². The zero-order valence-electron chi connectivity index (χ0n) is 21.0. The minimum atomic E-state index is -2.34. The van der Waals surface area contributed by atoms with Crippen LogP contribution in [0.2, 0.25) is 0 Å². The lowest BCUT2D eigenvalue weighted by Crippen LogP contribution is -2.70. The zero-order valence-corrected chi connectivity index (χ0v) is 21.8. The molecule has 0 aromatic carbocycles. The lowest BCUT2D eigenvalue weighted by atomic mass is 9.44. The molecule has 5 rings (SSSR count). The maximum Gasteiger partial charge on any atom is 0.374 e. The molecule has 3 fully saturated rings. The number of rotatable bonds is 4. The molecule has 0 aromatic rings. The van der Waals surface area contributed by atoms with Gasteiger partial charge in [0.05, 0.1) is 12.7 Å². The molecule has 202 valence electrons. The zero-order chi connectivity index (χ0) is 27.0. The Balaban J connectivity index is 1.62. The van der Waals surface area contributed by atoms with Crippen LogP contribution in [-0.4, -0.2) is 58.1 Å². The van der Waals surface area contributed by atoms with Gasteiger partial charge in [-0.2, -0.15) is 0 Å². The lowest BCUT2D eigenvalue weighted by Gasteiger charge is -2.63. The van der Waals surface area contributed by atoms with Crippen LogP contribution in [0.25, 0.3) is 0 Å². The van der Waals surface area contributed by atoms with Crippen LogP contribution in [0.3, 0.4) is 0 Å². The summed E-state index contributed by atoms with van der Waals surface area (Å²) in [4.78, 5) is 38.7.